The molecule has 2 aliphatic heterocycles. The number of nitrogen functional groups attached to an aromatic ring is 1. The third-order valence-corrected chi connectivity index (χ3v) is 3.80. The molecule has 0 radical (unpaired) electrons. The monoisotopic (exact) mass is 278 g/mol. The van der Waals surface area contributed by atoms with Crippen LogP contribution < -0.4 is 15.5 Å². The summed E-state index contributed by atoms with van der Waals surface area (Å²) < 4.78 is 10.9. The number of hydrogen-bond donors (Lipinski definition) is 1. The van der Waals surface area contributed by atoms with E-state index >= 15 is 0 Å². The van der Waals surface area contributed by atoms with Gasteiger partial charge in [-0.1, -0.05) is 0 Å². The standard InChI is InChI=1S/C14H22N4O2/c1-11-10-18(4-7-20-11)12-8-13(15)14(16-9-12)17-2-5-19-6-3-17/h8-9,11H,2-7,10,15H2,1H3. The van der Waals surface area contributed by atoms with Crippen molar-refractivity contribution in [3.63, 3.8) is 0 Å². The van der Waals surface area contributed by atoms with Crippen molar-refractivity contribution in [2.24, 2.45) is 0 Å². The normalized spacial score (nSPS) is 23.9. The summed E-state index contributed by atoms with van der Waals surface area (Å²) in [5.41, 5.74) is 8.01. The molecule has 3 rings (SSSR count). The van der Waals surface area contributed by atoms with Crippen LogP contribution in [0.5, 0.6) is 0 Å². The molecule has 0 bridgehead atoms. The van der Waals surface area contributed by atoms with Gasteiger partial charge in [-0.3, -0.25) is 0 Å². The van der Waals surface area contributed by atoms with Crippen molar-refractivity contribution in [3.8, 4) is 0 Å². The van der Waals surface area contributed by atoms with E-state index in [1.54, 1.807) is 0 Å². The van der Waals surface area contributed by atoms with Crippen LogP contribution in [0.25, 0.3) is 0 Å². The highest BCUT2D eigenvalue weighted by Crippen LogP contribution is 2.27. The Hall–Kier alpha value is -1.53. The molecule has 0 amide bonds. The Morgan fingerprint density at radius 2 is 1.95 bits per heavy atom. The van der Waals surface area contributed by atoms with Gasteiger partial charge in [-0.05, 0) is 13.0 Å². The van der Waals surface area contributed by atoms with E-state index in [0.717, 1.165) is 63.2 Å². The Bertz CT molecular complexity index is 462. The topological polar surface area (TPSA) is 63.9 Å². The minimum atomic E-state index is 0.254. The van der Waals surface area contributed by atoms with Crippen molar-refractivity contribution in [3.05, 3.63) is 12.3 Å². The fourth-order valence-corrected chi connectivity index (χ4v) is 2.73. The maximum Gasteiger partial charge on any atom is 0.152 e. The van der Waals surface area contributed by atoms with Crippen LogP contribution in [-0.2, 0) is 9.47 Å². The third-order valence-electron chi connectivity index (χ3n) is 3.80. The SMILES string of the molecule is CC1CN(c2cnc(N3CCOCC3)c(N)c2)CCO1. The van der Waals surface area contributed by atoms with Gasteiger partial charge in [-0.25, -0.2) is 4.98 Å². The molecule has 3 heterocycles. The van der Waals surface area contributed by atoms with Crippen LogP contribution in [0.3, 0.4) is 0 Å². The molecule has 0 aliphatic carbocycles. The van der Waals surface area contributed by atoms with Gasteiger partial charge in [0.1, 0.15) is 0 Å². The minimum absolute atomic E-state index is 0.254. The summed E-state index contributed by atoms with van der Waals surface area (Å²) in [6, 6.07) is 2.02. The summed E-state index contributed by atoms with van der Waals surface area (Å²) in [6.07, 6.45) is 2.17. The summed E-state index contributed by atoms with van der Waals surface area (Å²) in [6.45, 7) is 7.81. The number of hydrogen-bond acceptors (Lipinski definition) is 6. The van der Waals surface area contributed by atoms with Gasteiger partial charge in [0.15, 0.2) is 5.82 Å². The average Bonchev–Trinajstić information content (AvgIpc) is 2.48. The molecule has 6 heteroatoms. The van der Waals surface area contributed by atoms with Crippen molar-refractivity contribution in [1.82, 2.24) is 4.98 Å². The van der Waals surface area contributed by atoms with Crippen LogP contribution in [-0.4, -0.2) is 57.1 Å². The molecule has 1 atom stereocenters. The highest BCUT2D eigenvalue weighted by Gasteiger charge is 2.20. The van der Waals surface area contributed by atoms with Gasteiger partial charge in [0.2, 0.25) is 0 Å². The molecule has 0 saturated carbocycles. The van der Waals surface area contributed by atoms with Gasteiger partial charge in [-0.15, -0.1) is 0 Å². The van der Waals surface area contributed by atoms with Crippen LogP contribution in [0.4, 0.5) is 17.2 Å². The molecule has 6 nitrogen and oxygen atoms in total. The first kappa shape index (κ1) is 13.5. The third kappa shape index (κ3) is 2.81. The lowest BCUT2D eigenvalue weighted by atomic mass is 10.2. The second kappa shape index (κ2) is 5.85. The van der Waals surface area contributed by atoms with Crippen molar-refractivity contribution >= 4 is 17.2 Å². The molecule has 2 fully saturated rings. The fourth-order valence-electron chi connectivity index (χ4n) is 2.73. The van der Waals surface area contributed by atoms with Crippen molar-refractivity contribution in [1.29, 1.82) is 0 Å². The van der Waals surface area contributed by atoms with Gasteiger partial charge >= 0.3 is 0 Å². The predicted octanol–water partition coefficient (Wildman–Crippen LogP) is 0.725. The van der Waals surface area contributed by atoms with E-state index < -0.39 is 0 Å². The van der Waals surface area contributed by atoms with Crippen molar-refractivity contribution in [2.75, 3.05) is 61.5 Å². The largest absolute Gasteiger partial charge is 0.396 e. The average molecular weight is 278 g/mol. The number of morpholine rings is 2. The number of ether oxygens (including phenoxy) is 2. The van der Waals surface area contributed by atoms with E-state index in [1.807, 2.05) is 12.3 Å². The first-order valence-corrected chi connectivity index (χ1v) is 7.19. The summed E-state index contributed by atoms with van der Waals surface area (Å²) in [5, 5.41) is 0. The van der Waals surface area contributed by atoms with Gasteiger partial charge in [0, 0.05) is 26.2 Å². The molecular weight excluding hydrogens is 256 g/mol. The summed E-state index contributed by atoms with van der Waals surface area (Å²) in [7, 11) is 0. The minimum Gasteiger partial charge on any atom is -0.396 e. The molecule has 0 spiro atoms. The Balaban J connectivity index is 1.76. The Kier molecular flexibility index (Phi) is 3.93. The highest BCUT2D eigenvalue weighted by molar-refractivity contribution is 5.68. The predicted molar refractivity (Wildman–Crippen MR) is 79.3 cm³/mol. The highest BCUT2D eigenvalue weighted by atomic mass is 16.5. The van der Waals surface area contributed by atoms with Gasteiger partial charge in [0.25, 0.3) is 0 Å². The number of pyridine rings is 1. The number of aromatic nitrogens is 1. The lowest BCUT2D eigenvalue weighted by molar-refractivity contribution is 0.0532. The van der Waals surface area contributed by atoms with Crippen LogP contribution in [0.15, 0.2) is 12.3 Å². The number of rotatable bonds is 2. The molecule has 110 valence electrons. The molecule has 2 aliphatic rings. The Morgan fingerprint density at radius 3 is 2.65 bits per heavy atom. The first-order chi connectivity index (χ1) is 9.74. The van der Waals surface area contributed by atoms with E-state index in [2.05, 4.69) is 21.7 Å². The van der Waals surface area contributed by atoms with E-state index in [1.165, 1.54) is 0 Å². The van der Waals surface area contributed by atoms with Crippen LogP contribution in [0.2, 0.25) is 0 Å². The zero-order valence-corrected chi connectivity index (χ0v) is 11.9. The van der Waals surface area contributed by atoms with E-state index in [9.17, 15) is 0 Å². The smallest absolute Gasteiger partial charge is 0.152 e. The molecule has 1 aromatic heterocycles. The maximum atomic E-state index is 6.19. The number of nitrogens with zero attached hydrogens (tertiary/aromatic N) is 3. The lowest BCUT2D eigenvalue weighted by Crippen LogP contribution is -2.41. The Labute approximate surface area is 119 Å². The molecular formula is C14H22N4O2. The Morgan fingerprint density at radius 1 is 1.20 bits per heavy atom. The molecule has 0 aromatic carbocycles. The van der Waals surface area contributed by atoms with Crippen LogP contribution in [0, 0.1) is 0 Å². The van der Waals surface area contributed by atoms with Gasteiger partial charge in [-0.2, -0.15) is 0 Å². The second-order valence-corrected chi connectivity index (χ2v) is 5.33. The zero-order chi connectivity index (χ0) is 13.9. The molecule has 20 heavy (non-hydrogen) atoms. The molecule has 2 N–H and O–H groups in total. The van der Waals surface area contributed by atoms with E-state index in [0.29, 0.717) is 0 Å². The maximum absolute atomic E-state index is 6.19. The molecule has 2 saturated heterocycles. The lowest BCUT2D eigenvalue weighted by Gasteiger charge is -2.33. The van der Waals surface area contributed by atoms with Crippen molar-refractivity contribution in [2.45, 2.75) is 13.0 Å². The van der Waals surface area contributed by atoms with E-state index in [-0.39, 0.29) is 6.10 Å². The molecule has 1 unspecified atom stereocenters. The fraction of sp³-hybridized carbons (Fsp3) is 0.643. The van der Waals surface area contributed by atoms with Gasteiger partial charge < -0.3 is 25.0 Å². The second-order valence-electron chi connectivity index (χ2n) is 5.33. The first-order valence-electron chi connectivity index (χ1n) is 7.19. The van der Waals surface area contributed by atoms with E-state index in [4.69, 9.17) is 15.2 Å². The van der Waals surface area contributed by atoms with Crippen LogP contribution in [0.1, 0.15) is 6.92 Å². The van der Waals surface area contributed by atoms with Crippen LogP contribution >= 0.6 is 0 Å². The quantitative estimate of drug-likeness (QED) is 0.860. The summed E-state index contributed by atoms with van der Waals surface area (Å²) in [5.74, 6) is 0.873. The zero-order valence-electron chi connectivity index (χ0n) is 11.9. The van der Waals surface area contributed by atoms with Crippen molar-refractivity contribution < 1.29 is 9.47 Å². The summed E-state index contributed by atoms with van der Waals surface area (Å²) in [4.78, 5) is 9.03. The number of nitrogens with two attached hydrogens (primary N) is 1. The molecule has 1 aromatic rings. The van der Waals surface area contributed by atoms with Gasteiger partial charge in [0.05, 0.1) is 43.5 Å². The summed E-state index contributed by atoms with van der Waals surface area (Å²) >= 11 is 0. The number of anilines is 3.